The molecule has 1 fully saturated rings. The maximum Gasteiger partial charge on any atom is 0.270 e. The van der Waals surface area contributed by atoms with Crippen LogP contribution in [-0.2, 0) is 4.74 Å². The molecular formula is C12H17N3O2. The van der Waals surface area contributed by atoms with E-state index in [0.717, 1.165) is 6.42 Å². The van der Waals surface area contributed by atoms with E-state index in [2.05, 4.69) is 17.2 Å². The number of nitrogens with two attached hydrogens (primary N) is 1. The summed E-state index contributed by atoms with van der Waals surface area (Å²) in [6.45, 7) is 3.46. The molecule has 0 spiro atoms. The highest BCUT2D eigenvalue weighted by Crippen LogP contribution is 2.14. The zero-order valence-corrected chi connectivity index (χ0v) is 9.85. The lowest BCUT2D eigenvalue weighted by Gasteiger charge is -2.29. The Balaban J connectivity index is 1.98. The van der Waals surface area contributed by atoms with E-state index in [9.17, 15) is 4.79 Å². The molecule has 0 aliphatic carbocycles. The van der Waals surface area contributed by atoms with Gasteiger partial charge in [-0.3, -0.25) is 4.79 Å². The monoisotopic (exact) mass is 235 g/mol. The Morgan fingerprint density at radius 2 is 2.41 bits per heavy atom. The zero-order chi connectivity index (χ0) is 12.3. The minimum atomic E-state index is -0.149. The molecule has 0 aromatic carbocycles. The van der Waals surface area contributed by atoms with Crippen LogP contribution in [0.4, 0.5) is 5.69 Å². The van der Waals surface area contributed by atoms with Crippen molar-refractivity contribution in [3.63, 3.8) is 0 Å². The molecule has 1 aliphatic rings. The Labute approximate surface area is 100 Å². The molecule has 2 unspecified atom stereocenters. The van der Waals surface area contributed by atoms with E-state index in [1.807, 2.05) is 0 Å². The number of amides is 1. The van der Waals surface area contributed by atoms with E-state index in [1.54, 1.807) is 12.1 Å². The van der Waals surface area contributed by atoms with Gasteiger partial charge in [-0.05, 0) is 24.5 Å². The van der Waals surface area contributed by atoms with E-state index in [0.29, 0.717) is 30.5 Å². The number of anilines is 1. The molecule has 3 N–H and O–H groups in total. The van der Waals surface area contributed by atoms with E-state index in [4.69, 9.17) is 10.5 Å². The van der Waals surface area contributed by atoms with Crippen molar-refractivity contribution >= 4 is 11.6 Å². The van der Waals surface area contributed by atoms with Crippen LogP contribution >= 0.6 is 0 Å². The van der Waals surface area contributed by atoms with Crippen LogP contribution in [0.15, 0.2) is 18.3 Å². The van der Waals surface area contributed by atoms with Gasteiger partial charge in [0.2, 0.25) is 0 Å². The van der Waals surface area contributed by atoms with Crippen LogP contribution in [0.25, 0.3) is 0 Å². The Morgan fingerprint density at radius 3 is 3.06 bits per heavy atom. The molecule has 5 nitrogen and oxygen atoms in total. The largest absolute Gasteiger partial charge is 0.397 e. The fourth-order valence-electron chi connectivity index (χ4n) is 1.88. The molecular weight excluding hydrogens is 218 g/mol. The molecule has 1 saturated heterocycles. The minimum Gasteiger partial charge on any atom is -0.397 e. The first-order valence-electron chi connectivity index (χ1n) is 5.77. The average Bonchev–Trinajstić information content (AvgIpc) is 2.33. The van der Waals surface area contributed by atoms with E-state index in [-0.39, 0.29) is 11.9 Å². The van der Waals surface area contributed by atoms with E-state index >= 15 is 0 Å². The zero-order valence-electron chi connectivity index (χ0n) is 9.85. The summed E-state index contributed by atoms with van der Waals surface area (Å²) >= 11 is 0. The molecule has 0 bridgehead atoms. The van der Waals surface area contributed by atoms with Crippen molar-refractivity contribution in [2.24, 2.45) is 5.92 Å². The van der Waals surface area contributed by atoms with Crippen LogP contribution in [0.2, 0.25) is 0 Å². The number of nitrogens with one attached hydrogen (secondary N) is 1. The number of carbonyl (C=O) groups is 1. The molecule has 17 heavy (non-hydrogen) atoms. The van der Waals surface area contributed by atoms with Gasteiger partial charge in [0, 0.05) is 12.6 Å². The summed E-state index contributed by atoms with van der Waals surface area (Å²) in [6, 6.07) is 3.47. The number of hydrogen-bond donors (Lipinski definition) is 2. The van der Waals surface area contributed by atoms with Gasteiger partial charge in [0.25, 0.3) is 5.91 Å². The van der Waals surface area contributed by atoms with Gasteiger partial charge in [0.15, 0.2) is 0 Å². The molecule has 1 aromatic heterocycles. The second kappa shape index (κ2) is 5.14. The van der Waals surface area contributed by atoms with Crippen LogP contribution in [0.5, 0.6) is 0 Å². The molecule has 2 rings (SSSR count). The lowest BCUT2D eigenvalue weighted by Crippen LogP contribution is -2.44. The number of carbonyl (C=O) groups excluding carboxylic acids is 1. The molecule has 2 atom stereocenters. The minimum absolute atomic E-state index is 0.149. The third-order valence-electron chi connectivity index (χ3n) is 2.98. The van der Waals surface area contributed by atoms with E-state index < -0.39 is 0 Å². The standard InChI is InChI=1S/C12H17N3O2/c1-8-7-17-5-4-10(8)15-12(16)11-3-2-9(13)6-14-11/h2-3,6,8,10H,4-5,7,13H2,1H3,(H,15,16). The third kappa shape index (κ3) is 2.94. The average molecular weight is 235 g/mol. The lowest BCUT2D eigenvalue weighted by molar-refractivity contribution is 0.0374. The molecule has 0 saturated carbocycles. The molecule has 1 aliphatic heterocycles. The summed E-state index contributed by atoms with van der Waals surface area (Å²) in [5, 5.41) is 2.98. The SMILES string of the molecule is CC1COCCC1NC(=O)c1ccc(N)cn1. The van der Waals surface area contributed by atoms with Gasteiger partial charge in [-0.1, -0.05) is 6.92 Å². The summed E-state index contributed by atoms with van der Waals surface area (Å²) in [5.74, 6) is 0.185. The number of rotatable bonds is 2. The molecule has 1 aromatic rings. The molecule has 0 radical (unpaired) electrons. The Morgan fingerprint density at radius 1 is 1.59 bits per heavy atom. The van der Waals surface area contributed by atoms with Crippen LogP contribution in [-0.4, -0.2) is 30.1 Å². The first-order chi connectivity index (χ1) is 8.16. The fourth-order valence-corrected chi connectivity index (χ4v) is 1.88. The first-order valence-corrected chi connectivity index (χ1v) is 5.77. The molecule has 92 valence electrons. The summed E-state index contributed by atoms with van der Waals surface area (Å²) < 4.78 is 5.33. The van der Waals surface area contributed by atoms with Gasteiger partial charge >= 0.3 is 0 Å². The van der Waals surface area contributed by atoms with Crippen LogP contribution < -0.4 is 11.1 Å². The number of nitrogen functional groups attached to an aromatic ring is 1. The van der Waals surface area contributed by atoms with Gasteiger partial charge in [-0.25, -0.2) is 4.98 Å². The van der Waals surface area contributed by atoms with Gasteiger partial charge < -0.3 is 15.8 Å². The van der Waals surface area contributed by atoms with Crippen molar-refractivity contribution in [2.45, 2.75) is 19.4 Å². The van der Waals surface area contributed by atoms with Crippen molar-refractivity contribution in [1.29, 1.82) is 0 Å². The van der Waals surface area contributed by atoms with Gasteiger partial charge in [0.05, 0.1) is 18.5 Å². The van der Waals surface area contributed by atoms with Gasteiger partial charge in [-0.15, -0.1) is 0 Å². The summed E-state index contributed by atoms with van der Waals surface area (Å²) in [4.78, 5) is 15.9. The number of hydrogen-bond acceptors (Lipinski definition) is 4. The highest BCUT2D eigenvalue weighted by molar-refractivity contribution is 5.92. The van der Waals surface area contributed by atoms with Crippen molar-refractivity contribution in [2.75, 3.05) is 18.9 Å². The van der Waals surface area contributed by atoms with Gasteiger partial charge in [0.1, 0.15) is 5.69 Å². The van der Waals surface area contributed by atoms with Crippen molar-refractivity contribution < 1.29 is 9.53 Å². The molecule has 5 heteroatoms. The quantitative estimate of drug-likeness (QED) is 0.795. The number of nitrogens with zero attached hydrogens (tertiary/aromatic N) is 1. The first kappa shape index (κ1) is 11.9. The molecule has 1 amide bonds. The Bertz CT molecular complexity index is 391. The number of pyridine rings is 1. The number of aromatic nitrogens is 1. The maximum absolute atomic E-state index is 11.9. The normalized spacial score (nSPS) is 24.3. The Hall–Kier alpha value is -1.62. The Kier molecular flexibility index (Phi) is 3.58. The van der Waals surface area contributed by atoms with Crippen LogP contribution in [0.1, 0.15) is 23.8 Å². The van der Waals surface area contributed by atoms with Crippen molar-refractivity contribution in [3.05, 3.63) is 24.0 Å². The highest BCUT2D eigenvalue weighted by Gasteiger charge is 2.24. The summed E-state index contributed by atoms with van der Waals surface area (Å²) in [6.07, 6.45) is 2.34. The van der Waals surface area contributed by atoms with Crippen molar-refractivity contribution in [1.82, 2.24) is 10.3 Å². The number of ether oxygens (including phenoxy) is 1. The highest BCUT2D eigenvalue weighted by atomic mass is 16.5. The third-order valence-corrected chi connectivity index (χ3v) is 2.98. The van der Waals surface area contributed by atoms with Crippen LogP contribution in [0.3, 0.4) is 0 Å². The smallest absolute Gasteiger partial charge is 0.270 e. The van der Waals surface area contributed by atoms with E-state index in [1.165, 1.54) is 6.20 Å². The fraction of sp³-hybridized carbons (Fsp3) is 0.500. The predicted molar refractivity (Wildman–Crippen MR) is 64.5 cm³/mol. The topological polar surface area (TPSA) is 77.2 Å². The summed E-state index contributed by atoms with van der Waals surface area (Å²) in [5.41, 5.74) is 6.48. The lowest BCUT2D eigenvalue weighted by atomic mass is 9.98. The van der Waals surface area contributed by atoms with Crippen molar-refractivity contribution in [3.8, 4) is 0 Å². The second-order valence-electron chi connectivity index (χ2n) is 4.40. The van der Waals surface area contributed by atoms with Gasteiger partial charge in [-0.2, -0.15) is 0 Å². The predicted octanol–water partition coefficient (Wildman–Crippen LogP) is 0.819. The maximum atomic E-state index is 11.9. The van der Waals surface area contributed by atoms with Crippen LogP contribution in [0, 0.1) is 5.92 Å². The second-order valence-corrected chi connectivity index (χ2v) is 4.40. The summed E-state index contributed by atoms with van der Waals surface area (Å²) in [7, 11) is 0. The molecule has 2 heterocycles.